The number of phenols is 2. The fourth-order valence-corrected chi connectivity index (χ4v) is 5.61. The van der Waals surface area contributed by atoms with E-state index in [-0.39, 0.29) is 29.5 Å². The van der Waals surface area contributed by atoms with Gasteiger partial charge in [-0.15, -0.1) is 0 Å². The van der Waals surface area contributed by atoms with E-state index in [9.17, 15) is 19.8 Å². The number of hydrogen-bond acceptors (Lipinski definition) is 5. The third-order valence-electron chi connectivity index (χ3n) is 5.67. The summed E-state index contributed by atoms with van der Waals surface area (Å²) < 4.78 is 7.33. The summed E-state index contributed by atoms with van der Waals surface area (Å²) in [5.41, 5.74) is 1.92. The molecule has 0 fully saturated rings. The molecule has 0 aliphatic rings. The molecule has 5 nitrogen and oxygen atoms in total. The van der Waals surface area contributed by atoms with Crippen LogP contribution in [-0.2, 0) is 17.6 Å². The first kappa shape index (κ1) is 26.0. The molecule has 2 N–H and O–H groups in total. The Kier molecular flexibility index (Phi) is 9.20. The second kappa shape index (κ2) is 11.7. The maximum atomic E-state index is 13.6. The fraction of sp³-hybridized carbons (Fsp3) is 0.385. The van der Waals surface area contributed by atoms with Crippen LogP contribution in [0.15, 0.2) is 28.7 Å². The Morgan fingerprint density at radius 1 is 0.939 bits per heavy atom. The molecular formula is C26H28I2O5. The van der Waals surface area contributed by atoms with Gasteiger partial charge in [0, 0.05) is 35.8 Å². The zero-order chi connectivity index (χ0) is 24.1. The second-order valence-corrected chi connectivity index (χ2v) is 10.6. The van der Waals surface area contributed by atoms with Gasteiger partial charge in [0.1, 0.15) is 28.6 Å². The minimum atomic E-state index is -0.206. The van der Waals surface area contributed by atoms with E-state index in [1.54, 1.807) is 24.3 Å². The van der Waals surface area contributed by atoms with Gasteiger partial charge >= 0.3 is 0 Å². The average molecular weight is 674 g/mol. The molecule has 0 amide bonds. The van der Waals surface area contributed by atoms with Gasteiger partial charge in [-0.25, -0.2) is 0 Å². The van der Waals surface area contributed by atoms with Crippen LogP contribution in [0.2, 0.25) is 0 Å². The van der Waals surface area contributed by atoms with Crippen molar-refractivity contribution in [1.82, 2.24) is 0 Å². The van der Waals surface area contributed by atoms with E-state index in [0.717, 1.165) is 32.1 Å². The standard InChI is InChI=1S/C26H28I2O5/c1-3-5-7-9-22-24(25(31)16-11-19(27)26(32)20(28)12-16)18-14-21(30)15(13-23(18)33-22)10-17(29)8-6-4-2/h11-14,30,32H,3-10H2,1-2H3. The minimum Gasteiger partial charge on any atom is -0.508 e. The summed E-state index contributed by atoms with van der Waals surface area (Å²) in [5.74, 6) is 0.614. The van der Waals surface area contributed by atoms with Gasteiger partial charge in [0.25, 0.3) is 0 Å². The zero-order valence-corrected chi connectivity index (χ0v) is 23.2. The third kappa shape index (κ3) is 6.09. The topological polar surface area (TPSA) is 87.7 Å². The van der Waals surface area contributed by atoms with Crippen LogP contribution in [0.4, 0.5) is 0 Å². The van der Waals surface area contributed by atoms with Gasteiger partial charge in [0.2, 0.25) is 0 Å². The summed E-state index contributed by atoms with van der Waals surface area (Å²) in [5, 5.41) is 21.3. The van der Waals surface area contributed by atoms with Crippen LogP contribution in [-0.4, -0.2) is 21.8 Å². The minimum absolute atomic E-state index is 0.00262. The smallest absolute Gasteiger partial charge is 0.197 e. The van der Waals surface area contributed by atoms with Crippen molar-refractivity contribution in [3.63, 3.8) is 0 Å². The highest BCUT2D eigenvalue weighted by molar-refractivity contribution is 14.1. The Bertz CT molecular complexity index is 1160. The van der Waals surface area contributed by atoms with Crippen molar-refractivity contribution in [2.75, 3.05) is 0 Å². The Morgan fingerprint density at radius 2 is 1.61 bits per heavy atom. The number of fused-ring (bicyclic) bond motifs is 1. The van der Waals surface area contributed by atoms with Crippen molar-refractivity contribution in [2.45, 2.75) is 65.2 Å². The second-order valence-electron chi connectivity index (χ2n) is 8.27. The number of carbonyl (C=O) groups excluding carboxylic acids is 2. The highest BCUT2D eigenvalue weighted by atomic mass is 127. The number of aromatic hydroxyl groups is 2. The number of benzene rings is 2. The van der Waals surface area contributed by atoms with Gasteiger partial charge in [0.05, 0.1) is 12.7 Å². The van der Waals surface area contributed by atoms with E-state index in [0.29, 0.717) is 53.4 Å². The monoisotopic (exact) mass is 674 g/mol. The maximum absolute atomic E-state index is 13.6. The van der Waals surface area contributed by atoms with Gasteiger partial charge < -0.3 is 14.6 Å². The van der Waals surface area contributed by atoms with Crippen molar-refractivity contribution in [3.05, 3.63) is 53.9 Å². The summed E-state index contributed by atoms with van der Waals surface area (Å²) in [4.78, 5) is 25.9. The van der Waals surface area contributed by atoms with E-state index < -0.39 is 0 Å². The molecule has 0 aliphatic heterocycles. The van der Waals surface area contributed by atoms with Crippen molar-refractivity contribution in [1.29, 1.82) is 0 Å². The van der Waals surface area contributed by atoms with Gasteiger partial charge in [0.15, 0.2) is 5.78 Å². The number of phenolic OH excluding ortho intramolecular Hbond substituents is 2. The largest absolute Gasteiger partial charge is 0.508 e. The molecule has 1 heterocycles. The van der Waals surface area contributed by atoms with Crippen molar-refractivity contribution in [3.8, 4) is 11.5 Å². The lowest BCUT2D eigenvalue weighted by Gasteiger charge is -2.07. The Labute approximate surface area is 221 Å². The molecule has 3 aromatic rings. The first-order valence-corrected chi connectivity index (χ1v) is 13.4. The quantitative estimate of drug-likeness (QED) is 0.127. The number of hydrogen-bond donors (Lipinski definition) is 2. The van der Waals surface area contributed by atoms with Crippen molar-refractivity contribution < 1.29 is 24.2 Å². The number of rotatable bonds is 11. The van der Waals surface area contributed by atoms with Gasteiger partial charge in [-0.3, -0.25) is 9.59 Å². The van der Waals surface area contributed by atoms with Crippen LogP contribution in [0.3, 0.4) is 0 Å². The highest BCUT2D eigenvalue weighted by Gasteiger charge is 2.25. The summed E-state index contributed by atoms with van der Waals surface area (Å²) in [6.07, 6.45) is 5.95. The summed E-state index contributed by atoms with van der Waals surface area (Å²) in [6.45, 7) is 4.15. The summed E-state index contributed by atoms with van der Waals surface area (Å²) in [6, 6.07) is 6.57. The van der Waals surface area contributed by atoms with Crippen LogP contribution in [0.5, 0.6) is 11.5 Å². The Balaban J connectivity index is 2.07. The lowest BCUT2D eigenvalue weighted by atomic mass is 9.96. The fourth-order valence-electron chi connectivity index (χ4n) is 3.84. The molecule has 0 saturated carbocycles. The molecule has 176 valence electrons. The number of aryl methyl sites for hydroxylation is 1. The van der Waals surface area contributed by atoms with Crippen LogP contribution in [0, 0.1) is 7.14 Å². The molecule has 33 heavy (non-hydrogen) atoms. The van der Waals surface area contributed by atoms with Crippen LogP contribution >= 0.6 is 45.2 Å². The lowest BCUT2D eigenvalue weighted by Crippen LogP contribution is -2.05. The molecule has 0 saturated heterocycles. The molecular weight excluding hydrogens is 646 g/mol. The number of Topliss-reactive ketones (excluding diaryl/α,β-unsaturated/α-hetero) is 1. The molecule has 0 unspecified atom stereocenters. The maximum Gasteiger partial charge on any atom is 0.197 e. The number of carbonyl (C=O) groups is 2. The van der Waals surface area contributed by atoms with E-state index in [4.69, 9.17) is 4.42 Å². The van der Waals surface area contributed by atoms with E-state index in [1.165, 1.54) is 0 Å². The Morgan fingerprint density at radius 3 is 2.24 bits per heavy atom. The van der Waals surface area contributed by atoms with E-state index in [1.807, 2.05) is 52.1 Å². The van der Waals surface area contributed by atoms with Gasteiger partial charge in [-0.2, -0.15) is 0 Å². The van der Waals surface area contributed by atoms with Gasteiger partial charge in [-0.05, 0) is 82.3 Å². The van der Waals surface area contributed by atoms with Crippen molar-refractivity contribution >= 4 is 67.7 Å². The van der Waals surface area contributed by atoms with Crippen molar-refractivity contribution in [2.24, 2.45) is 0 Å². The first-order chi connectivity index (χ1) is 15.8. The highest BCUT2D eigenvalue weighted by Crippen LogP contribution is 2.36. The zero-order valence-electron chi connectivity index (χ0n) is 18.8. The third-order valence-corrected chi connectivity index (χ3v) is 7.32. The first-order valence-electron chi connectivity index (χ1n) is 11.3. The molecule has 0 radical (unpaired) electrons. The number of halogens is 2. The lowest BCUT2D eigenvalue weighted by molar-refractivity contribution is -0.118. The predicted octanol–water partition coefficient (Wildman–Crippen LogP) is 7.32. The number of unbranched alkanes of at least 4 members (excludes halogenated alkanes) is 3. The normalized spacial score (nSPS) is 11.3. The number of ketones is 2. The molecule has 0 spiro atoms. The average Bonchev–Trinajstić information content (AvgIpc) is 3.12. The molecule has 0 atom stereocenters. The van der Waals surface area contributed by atoms with E-state index in [2.05, 4.69) is 6.92 Å². The Hall–Kier alpha value is -1.62. The molecule has 0 aliphatic carbocycles. The van der Waals surface area contributed by atoms with Crippen LogP contribution < -0.4 is 0 Å². The molecule has 2 aromatic carbocycles. The molecule has 3 rings (SSSR count). The van der Waals surface area contributed by atoms with Gasteiger partial charge in [-0.1, -0.05) is 33.1 Å². The summed E-state index contributed by atoms with van der Waals surface area (Å²) >= 11 is 4.02. The van der Waals surface area contributed by atoms with Crippen LogP contribution in [0.25, 0.3) is 11.0 Å². The molecule has 0 bridgehead atoms. The SMILES string of the molecule is CCCCCc1oc2cc(CC(=O)CCCC)c(O)cc2c1C(=O)c1cc(I)c(O)c(I)c1. The summed E-state index contributed by atoms with van der Waals surface area (Å²) in [7, 11) is 0. The van der Waals surface area contributed by atoms with E-state index >= 15 is 0 Å². The number of furan rings is 1. The predicted molar refractivity (Wildman–Crippen MR) is 146 cm³/mol. The molecule has 7 heteroatoms. The molecule has 1 aromatic heterocycles. The van der Waals surface area contributed by atoms with Crippen LogP contribution in [0.1, 0.15) is 79.6 Å².